The van der Waals surface area contributed by atoms with Crippen LogP contribution in [0.5, 0.6) is 0 Å². The van der Waals surface area contributed by atoms with Crippen LogP contribution in [0.2, 0.25) is 0 Å². The molecule has 1 atom stereocenters. The van der Waals surface area contributed by atoms with Crippen molar-refractivity contribution in [2.75, 3.05) is 11.9 Å². The van der Waals surface area contributed by atoms with Crippen molar-refractivity contribution in [2.24, 2.45) is 5.92 Å². The lowest BCUT2D eigenvalue weighted by Gasteiger charge is -2.17. The lowest BCUT2D eigenvalue weighted by Crippen LogP contribution is -2.20. The van der Waals surface area contributed by atoms with Gasteiger partial charge in [-0.1, -0.05) is 6.92 Å². The number of aromatic nitrogens is 3. The van der Waals surface area contributed by atoms with Gasteiger partial charge in [0.2, 0.25) is 0 Å². The minimum atomic E-state index is -0.596. The molecule has 0 aromatic carbocycles. The molecule has 128 valence electrons. The molecule has 0 saturated carbocycles. The fourth-order valence-corrected chi connectivity index (χ4v) is 3.13. The largest absolute Gasteiger partial charge is 0.451 e. The molecule has 24 heavy (non-hydrogen) atoms. The van der Waals surface area contributed by atoms with Crippen molar-refractivity contribution in [3.8, 4) is 0 Å². The Kier molecular flexibility index (Phi) is 4.07. The molecule has 0 unspecified atom stereocenters. The SMILES string of the molecule is Cc1cc(C)n(C[C@H](C)CNc2nccc3c2C(=O)OC3(C)C)n1. The summed E-state index contributed by atoms with van der Waals surface area (Å²) in [5, 5.41) is 7.80. The van der Waals surface area contributed by atoms with Crippen LogP contribution >= 0.6 is 0 Å². The van der Waals surface area contributed by atoms with Crippen LogP contribution < -0.4 is 5.32 Å². The predicted octanol–water partition coefficient (Wildman–Crippen LogP) is 3.05. The van der Waals surface area contributed by atoms with Crippen LogP contribution in [0.4, 0.5) is 5.82 Å². The van der Waals surface area contributed by atoms with Gasteiger partial charge in [0.05, 0.1) is 5.69 Å². The van der Waals surface area contributed by atoms with Gasteiger partial charge in [-0.05, 0) is 45.7 Å². The molecule has 0 fully saturated rings. The highest BCUT2D eigenvalue weighted by Crippen LogP contribution is 2.38. The number of carbonyl (C=O) groups is 1. The first-order valence-electron chi connectivity index (χ1n) is 8.25. The number of carbonyl (C=O) groups excluding carboxylic acids is 1. The number of hydrogen-bond acceptors (Lipinski definition) is 5. The second kappa shape index (κ2) is 5.92. The quantitative estimate of drug-likeness (QED) is 0.854. The summed E-state index contributed by atoms with van der Waals surface area (Å²) in [7, 11) is 0. The molecular formula is C18H24N4O2. The Bertz CT molecular complexity index is 779. The molecule has 0 bridgehead atoms. The van der Waals surface area contributed by atoms with Gasteiger partial charge in [0.15, 0.2) is 0 Å². The summed E-state index contributed by atoms with van der Waals surface area (Å²) in [6.45, 7) is 11.5. The summed E-state index contributed by atoms with van der Waals surface area (Å²) in [5.41, 5.74) is 3.03. The van der Waals surface area contributed by atoms with Crippen molar-refractivity contribution in [1.29, 1.82) is 0 Å². The lowest BCUT2D eigenvalue weighted by molar-refractivity contribution is 0.00958. The molecular weight excluding hydrogens is 304 g/mol. The minimum Gasteiger partial charge on any atom is -0.451 e. The highest BCUT2D eigenvalue weighted by molar-refractivity contribution is 5.99. The molecule has 0 spiro atoms. The van der Waals surface area contributed by atoms with Crippen molar-refractivity contribution in [1.82, 2.24) is 14.8 Å². The number of ether oxygens (including phenoxy) is 1. The van der Waals surface area contributed by atoms with E-state index in [0.717, 1.165) is 23.5 Å². The second-order valence-corrected chi connectivity index (χ2v) is 7.08. The molecule has 6 nitrogen and oxygen atoms in total. The average molecular weight is 328 g/mol. The predicted molar refractivity (Wildman–Crippen MR) is 92.0 cm³/mol. The zero-order valence-corrected chi connectivity index (χ0v) is 14.9. The van der Waals surface area contributed by atoms with Crippen molar-refractivity contribution in [3.63, 3.8) is 0 Å². The molecule has 0 aliphatic carbocycles. The number of aryl methyl sites for hydroxylation is 2. The zero-order chi connectivity index (χ0) is 17.5. The fourth-order valence-electron chi connectivity index (χ4n) is 3.13. The smallest absolute Gasteiger partial charge is 0.343 e. The number of pyridine rings is 1. The Morgan fingerprint density at radius 1 is 1.38 bits per heavy atom. The van der Waals surface area contributed by atoms with Crippen molar-refractivity contribution in [2.45, 2.75) is 46.8 Å². The van der Waals surface area contributed by atoms with Gasteiger partial charge in [-0.25, -0.2) is 9.78 Å². The number of rotatable bonds is 5. The van der Waals surface area contributed by atoms with Gasteiger partial charge < -0.3 is 10.1 Å². The van der Waals surface area contributed by atoms with E-state index in [4.69, 9.17) is 4.74 Å². The summed E-state index contributed by atoms with van der Waals surface area (Å²) in [5.74, 6) is 0.631. The van der Waals surface area contributed by atoms with E-state index in [9.17, 15) is 4.79 Å². The van der Waals surface area contributed by atoms with E-state index in [1.165, 1.54) is 0 Å². The fraction of sp³-hybridized carbons (Fsp3) is 0.500. The van der Waals surface area contributed by atoms with Gasteiger partial charge in [0.25, 0.3) is 0 Å². The van der Waals surface area contributed by atoms with E-state index in [-0.39, 0.29) is 5.97 Å². The Morgan fingerprint density at radius 2 is 2.12 bits per heavy atom. The topological polar surface area (TPSA) is 69.0 Å². The third-order valence-corrected chi connectivity index (χ3v) is 4.36. The second-order valence-electron chi connectivity index (χ2n) is 7.08. The van der Waals surface area contributed by atoms with Gasteiger partial charge >= 0.3 is 5.97 Å². The molecule has 2 aromatic rings. The van der Waals surface area contributed by atoms with Crippen molar-refractivity contribution in [3.05, 3.63) is 40.8 Å². The van der Waals surface area contributed by atoms with Crippen LogP contribution in [-0.2, 0) is 16.9 Å². The van der Waals surface area contributed by atoms with E-state index in [2.05, 4.69) is 35.3 Å². The van der Waals surface area contributed by atoms with Crippen molar-refractivity contribution >= 4 is 11.8 Å². The Morgan fingerprint density at radius 3 is 2.79 bits per heavy atom. The van der Waals surface area contributed by atoms with E-state index in [1.54, 1.807) is 6.20 Å². The van der Waals surface area contributed by atoms with Gasteiger partial charge in [0, 0.05) is 30.5 Å². The summed E-state index contributed by atoms with van der Waals surface area (Å²) < 4.78 is 7.46. The first-order chi connectivity index (χ1) is 11.3. The summed E-state index contributed by atoms with van der Waals surface area (Å²) in [6, 6.07) is 3.93. The number of fused-ring (bicyclic) bond motifs is 1. The minimum absolute atomic E-state index is 0.309. The Balaban J connectivity index is 1.71. The molecule has 1 N–H and O–H groups in total. The molecule has 0 amide bonds. The third-order valence-electron chi connectivity index (χ3n) is 4.36. The maximum atomic E-state index is 12.2. The van der Waals surface area contributed by atoms with Gasteiger partial charge in [-0.3, -0.25) is 4.68 Å². The zero-order valence-electron chi connectivity index (χ0n) is 14.9. The Hall–Kier alpha value is -2.37. The maximum absolute atomic E-state index is 12.2. The van der Waals surface area contributed by atoms with Crippen LogP contribution in [0.1, 0.15) is 48.1 Å². The van der Waals surface area contributed by atoms with Crippen LogP contribution in [0, 0.1) is 19.8 Å². The molecule has 1 aliphatic rings. The van der Waals surface area contributed by atoms with E-state index in [0.29, 0.717) is 23.8 Å². The summed E-state index contributed by atoms with van der Waals surface area (Å²) >= 11 is 0. The molecule has 3 rings (SSSR count). The maximum Gasteiger partial charge on any atom is 0.343 e. The van der Waals surface area contributed by atoms with E-state index in [1.807, 2.05) is 31.5 Å². The number of anilines is 1. The van der Waals surface area contributed by atoms with Gasteiger partial charge in [0.1, 0.15) is 17.0 Å². The van der Waals surface area contributed by atoms with Crippen LogP contribution in [0.3, 0.4) is 0 Å². The number of nitrogens with zero attached hydrogens (tertiary/aromatic N) is 3. The molecule has 0 radical (unpaired) electrons. The van der Waals surface area contributed by atoms with Crippen LogP contribution in [0.15, 0.2) is 18.3 Å². The number of hydrogen-bond donors (Lipinski definition) is 1. The van der Waals surface area contributed by atoms with Crippen LogP contribution in [-0.4, -0.2) is 27.3 Å². The van der Waals surface area contributed by atoms with Crippen molar-refractivity contribution < 1.29 is 9.53 Å². The highest BCUT2D eigenvalue weighted by Gasteiger charge is 2.39. The van der Waals surface area contributed by atoms with E-state index >= 15 is 0 Å². The molecule has 3 heterocycles. The first kappa shape index (κ1) is 16.5. The lowest BCUT2D eigenvalue weighted by atomic mass is 9.97. The number of esters is 1. The molecule has 2 aromatic heterocycles. The summed E-state index contributed by atoms with van der Waals surface area (Å²) in [4.78, 5) is 16.5. The monoisotopic (exact) mass is 328 g/mol. The first-order valence-corrected chi connectivity index (χ1v) is 8.25. The van der Waals surface area contributed by atoms with Crippen LogP contribution in [0.25, 0.3) is 0 Å². The summed E-state index contributed by atoms with van der Waals surface area (Å²) in [6.07, 6.45) is 1.72. The van der Waals surface area contributed by atoms with E-state index < -0.39 is 5.60 Å². The molecule has 0 saturated heterocycles. The van der Waals surface area contributed by atoms with Gasteiger partial charge in [-0.15, -0.1) is 0 Å². The molecule has 1 aliphatic heterocycles. The Labute approximate surface area is 142 Å². The van der Waals surface area contributed by atoms with Gasteiger partial charge in [-0.2, -0.15) is 5.10 Å². The normalized spacial score (nSPS) is 16.6. The molecule has 6 heteroatoms. The number of cyclic esters (lactones) is 1. The average Bonchev–Trinajstić information content (AvgIpc) is 2.93. The standard InChI is InChI=1S/C18H24N4O2/c1-11(10-22-13(3)8-12(2)21-22)9-20-16-15-14(6-7-19-16)18(4,5)24-17(15)23/h6-8,11H,9-10H2,1-5H3,(H,19,20)/t11-/m1/s1. The number of nitrogens with one attached hydrogen (secondary N) is 1. The highest BCUT2D eigenvalue weighted by atomic mass is 16.6. The third kappa shape index (κ3) is 3.00.